The third-order valence-corrected chi connectivity index (χ3v) is 6.62. The molecule has 0 bridgehead atoms. The molecule has 35 heavy (non-hydrogen) atoms. The van der Waals surface area contributed by atoms with Gasteiger partial charge in [0.1, 0.15) is 0 Å². The third kappa shape index (κ3) is 5.72. The summed E-state index contributed by atoms with van der Waals surface area (Å²) in [4.78, 5) is 27.4. The second kappa shape index (κ2) is 10.8. The molecule has 0 aromatic heterocycles. The molecule has 3 aromatic rings. The van der Waals surface area contributed by atoms with Crippen LogP contribution in [0.25, 0.3) is 6.08 Å². The lowest BCUT2D eigenvalue weighted by Gasteiger charge is -2.15. The summed E-state index contributed by atoms with van der Waals surface area (Å²) in [5.41, 5.74) is 4.26. The van der Waals surface area contributed by atoms with Gasteiger partial charge in [-0.05, 0) is 66.9 Å². The molecule has 4 rings (SSSR count). The van der Waals surface area contributed by atoms with Gasteiger partial charge in [-0.1, -0.05) is 60.4 Å². The van der Waals surface area contributed by atoms with Crippen molar-refractivity contribution >= 4 is 57.6 Å². The van der Waals surface area contributed by atoms with Crippen molar-refractivity contribution in [3.63, 3.8) is 0 Å². The molecule has 1 aliphatic heterocycles. The largest absolute Gasteiger partial charge is 0.493 e. The zero-order valence-corrected chi connectivity index (χ0v) is 21.2. The normalized spacial score (nSPS) is 14.4. The van der Waals surface area contributed by atoms with Gasteiger partial charge in [-0.15, -0.1) is 0 Å². The molecular formula is C27H24N2O4S2. The topological polar surface area (TPSA) is 67.9 Å². The van der Waals surface area contributed by atoms with E-state index in [4.69, 9.17) is 21.7 Å². The lowest BCUT2D eigenvalue weighted by Crippen LogP contribution is -2.27. The highest BCUT2D eigenvalue weighted by Gasteiger charge is 2.33. The van der Waals surface area contributed by atoms with Gasteiger partial charge >= 0.3 is 0 Å². The van der Waals surface area contributed by atoms with Crippen LogP contribution in [-0.4, -0.2) is 29.9 Å². The smallest absolute Gasteiger partial charge is 0.270 e. The minimum atomic E-state index is -0.273. The van der Waals surface area contributed by atoms with Crippen molar-refractivity contribution < 1.29 is 19.1 Å². The van der Waals surface area contributed by atoms with Gasteiger partial charge in [0.15, 0.2) is 22.4 Å². The number of para-hydroxylation sites is 1. The van der Waals surface area contributed by atoms with Crippen molar-refractivity contribution in [1.82, 2.24) is 0 Å². The van der Waals surface area contributed by atoms with E-state index < -0.39 is 0 Å². The highest BCUT2D eigenvalue weighted by atomic mass is 32.2. The highest BCUT2D eigenvalue weighted by Crippen LogP contribution is 2.37. The van der Waals surface area contributed by atoms with E-state index in [1.807, 2.05) is 62.4 Å². The number of carbonyl (C=O) groups is 2. The molecule has 8 heteroatoms. The number of hydrogen-bond donors (Lipinski definition) is 1. The number of ether oxygens (including phenoxy) is 2. The van der Waals surface area contributed by atoms with Crippen molar-refractivity contribution in [2.45, 2.75) is 13.8 Å². The van der Waals surface area contributed by atoms with Gasteiger partial charge in [-0.2, -0.15) is 0 Å². The number of rotatable bonds is 7. The number of nitrogens with zero attached hydrogens (tertiary/aromatic N) is 1. The Labute approximate surface area is 213 Å². The van der Waals surface area contributed by atoms with Crippen molar-refractivity contribution in [2.75, 3.05) is 23.9 Å². The average molecular weight is 505 g/mol. The van der Waals surface area contributed by atoms with Gasteiger partial charge in [-0.25, -0.2) is 0 Å². The standard InChI is InChI=1S/C27H24N2O4S2/c1-17-7-6-9-20(13-17)29-26(31)24(35-27(29)34)15-19-11-12-22(23(14-19)32-3)33-16-25(30)28-21-10-5-4-8-18(21)2/h4-15H,16H2,1-3H3,(H,28,30)/b24-15+. The Balaban J connectivity index is 1.46. The quantitative estimate of drug-likeness (QED) is 0.327. The van der Waals surface area contributed by atoms with Crippen LogP contribution in [0, 0.1) is 13.8 Å². The molecule has 1 aliphatic rings. The number of hydrogen-bond acceptors (Lipinski definition) is 6. The lowest BCUT2D eigenvalue weighted by molar-refractivity contribution is -0.118. The molecule has 1 fully saturated rings. The van der Waals surface area contributed by atoms with E-state index in [9.17, 15) is 9.59 Å². The minimum absolute atomic E-state index is 0.167. The van der Waals surface area contributed by atoms with E-state index in [0.29, 0.717) is 20.7 Å². The van der Waals surface area contributed by atoms with Gasteiger partial charge in [0.2, 0.25) is 0 Å². The zero-order valence-electron chi connectivity index (χ0n) is 19.5. The van der Waals surface area contributed by atoms with Gasteiger partial charge in [0.05, 0.1) is 17.7 Å². The Morgan fingerprint density at radius 2 is 1.86 bits per heavy atom. The first kappa shape index (κ1) is 24.5. The summed E-state index contributed by atoms with van der Waals surface area (Å²) in [5.74, 6) is 0.441. The summed E-state index contributed by atoms with van der Waals surface area (Å²) in [6.45, 7) is 3.73. The highest BCUT2D eigenvalue weighted by molar-refractivity contribution is 8.27. The number of amides is 2. The fraction of sp³-hybridized carbons (Fsp3) is 0.148. The molecule has 1 heterocycles. The Bertz CT molecular complexity index is 1340. The summed E-state index contributed by atoms with van der Waals surface area (Å²) in [6.07, 6.45) is 1.77. The van der Waals surface area contributed by atoms with Crippen LogP contribution >= 0.6 is 24.0 Å². The van der Waals surface area contributed by atoms with Gasteiger partial charge < -0.3 is 14.8 Å². The summed E-state index contributed by atoms with van der Waals surface area (Å²) >= 11 is 6.72. The molecule has 3 aromatic carbocycles. The first-order valence-corrected chi connectivity index (χ1v) is 12.1. The van der Waals surface area contributed by atoms with E-state index in [0.717, 1.165) is 28.1 Å². The van der Waals surface area contributed by atoms with Crippen molar-refractivity contribution in [2.24, 2.45) is 0 Å². The maximum Gasteiger partial charge on any atom is 0.270 e. The number of aryl methyl sites for hydroxylation is 2. The number of anilines is 2. The van der Waals surface area contributed by atoms with Crippen LogP contribution in [-0.2, 0) is 9.59 Å². The SMILES string of the molecule is COc1cc(/C=C2/SC(=S)N(c3cccc(C)c3)C2=O)ccc1OCC(=O)Nc1ccccc1C. The van der Waals surface area contributed by atoms with Crippen LogP contribution in [0.1, 0.15) is 16.7 Å². The monoisotopic (exact) mass is 504 g/mol. The van der Waals surface area contributed by atoms with Crippen LogP contribution in [0.4, 0.5) is 11.4 Å². The van der Waals surface area contributed by atoms with E-state index in [1.54, 1.807) is 29.2 Å². The predicted molar refractivity (Wildman–Crippen MR) is 145 cm³/mol. The zero-order chi connectivity index (χ0) is 24.9. The van der Waals surface area contributed by atoms with Gasteiger partial charge in [-0.3, -0.25) is 14.5 Å². The molecule has 0 saturated carbocycles. The summed E-state index contributed by atoms with van der Waals surface area (Å²) in [5, 5.41) is 2.84. The van der Waals surface area contributed by atoms with E-state index in [1.165, 1.54) is 18.9 Å². The molecule has 0 unspecified atom stereocenters. The van der Waals surface area contributed by atoms with Gasteiger partial charge in [0, 0.05) is 5.69 Å². The lowest BCUT2D eigenvalue weighted by atomic mass is 10.1. The second-order valence-electron chi connectivity index (χ2n) is 7.92. The third-order valence-electron chi connectivity index (χ3n) is 5.32. The van der Waals surface area contributed by atoms with Crippen LogP contribution in [0.2, 0.25) is 0 Å². The molecule has 0 radical (unpaired) electrons. The summed E-state index contributed by atoms with van der Waals surface area (Å²) in [7, 11) is 1.52. The average Bonchev–Trinajstić information content (AvgIpc) is 3.12. The molecule has 6 nitrogen and oxygen atoms in total. The van der Waals surface area contributed by atoms with E-state index in [2.05, 4.69) is 5.32 Å². The second-order valence-corrected chi connectivity index (χ2v) is 9.59. The maximum atomic E-state index is 13.1. The molecule has 1 saturated heterocycles. The number of nitrogens with one attached hydrogen (secondary N) is 1. The van der Waals surface area contributed by atoms with Gasteiger partial charge in [0.25, 0.3) is 11.8 Å². The van der Waals surface area contributed by atoms with Crippen molar-refractivity contribution in [3.05, 3.63) is 88.3 Å². The first-order chi connectivity index (χ1) is 16.9. The number of benzene rings is 3. The number of thioether (sulfide) groups is 1. The summed E-state index contributed by atoms with van der Waals surface area (Å²) < 4.78 is 11.6. The predicted octanol–water partition coefficient (Wildman–Crippen LogP) is 5.74. The summed E-state index contributed by atoms with van der Waals surface area (Å²) in [6, 6.07) is 20.5. The van der Waals surface area contributed by atoms with E-state index >= 15 is 0 Å². The molecular weight excluding hydrogens is 480 g/mol. The van der Waals surface area contributed by atoms with Crippen LogP contribution in [0.15, 0.2) is 71.6 Å². The van der Waals surface area contributed by atoms with E-state index in [-0.39, 0.29) is 18.4 Å². The minimum Gasteiger partial charge on any atom is -0.493 e. The van der Waals surface area contributed by atoms with Crippen molar-refractivity contribution in [1.29, 1.82) is 0 Å². The Hall–Kier alpha value is -3.62. The number of thiocarbonyl (C=S) groups is 1. The molecule has 178 valence electrons. The fourth-order valence-electron chi connectivity index (χ4n) is 3.54. The number of carbonyl (C=O) groups excluding carboxylic acids is 2. The maximum absolute atomic E-state index is 13.1. The van der Waals surface area contributed by atoms with Crippen LogP contribution in [0.5, 0.6) is 11.5 Å². The fourth-order valence-corrected chi connectivity index (χ4v) is 4.84. The Morgan fingerprint density at radius 1 is 1.06 bits per heavy atom. The molecule has 0 aliphatic carbocycles. The van der Waals surface area contributed by atoms with Crippen LogP contribution in [0.3, 0.4) is 0 Å². The molecule has 1 N–H and O–H groups in total. The van der Waals surface area contributed by atoms with Crippen molar-refractivity contribution in [3.8, 4) is 11.5 Å². The number of methoxy groups -OCH3 is 1. The Kier molecular flexibility index (Phi) is 7.53. The molecule has 0 atom stereocenters. The molecule has 0 spiro atoms. The molecule has 2 amide bonds. The first-order valence-electron chi connectivity index (χ1n) is 10.9. The van der Waals surface area contributed by atoms with Crippen LogP contribution < -0.4 is 19.7 Å². The Morgan fingerprint density at radius 3 is 2.60 bits per heavy atom.